The lowest BCUT2D eigenvalue weighted by molar-refractivity contribution is -0.138. The lowest BCUT2D eigenvalue weighted by Gasteiger charge is -2.34. The lowest BCUT2D eigenvalue weighted by atomic mass is 10.0. The molecule has 1 N–H and O–H groups in total. The minimum atomic E-state index is -2.96. The fourth-order valence-electron chi connectivity index (χ4n) is 5.56. The summed E-state index contributed by atoms with van der Waals surface area (Å²) in [6.45, 7) is 0.846. The molecule has 2 atom stereocenters. The third-order valence-corrected chi connectivity index (χ3v) is 8.68. The molecule has 0 spiro atoms. The van der Waals surface area contributed by atoms with E-state index in [0.717, 1.165) is 24.0 Å². The largest absolute Gasteiger partial charge is 0.501 e. The molecule has 0 amide bonds. The van der Waals surface area contributed by atoms with Crippen molar-refractivity contribution in [2.24, 2.45) is 0 Å². The number of ether oxygens (including phenoxy) is 2. The van der Waals surface area contributed by atoms with Crippen molar-refractivity contribution >= 4 is 34.4 Å². The predicted octanol–water partition coefficient (Wildman–Crippen LogP) is 6.04. The van der Waals surface area contributed by atoms with Crippen molar-refractivity contribution in [2.75, 3.05) is 36.0 Å². The van der Waals surface area contributed by atoms with Crippen molar-refractivity contribution in [3.8, 4) is 16.5 Å². The first kappa shape index (κ1) is 29.1. The summed E-state index contributed by atoms with van der Waals surface area (Å²) < 4.78 is 67.3. The summed E-state index contributed by atoms with van der Waals surface area (Å²) in [5.41, 5.74) is 2.53. The van der Waals surface area contributed by atoms with E-state index < -0.39 is 36.3 Å². The van der Waals surface area contributed by atoms with E-state index in [1.807, 2.05) is 11.0 Å². The number of alkyl halides is 4. The van der Waals surface area contributed by atoms with Crippen LogP contribution in [0.25, 0.3) is 16.1 Å². The van der Waals surface area contributed by atoms with E-state index in [0.29, 0.717) is 17.2 Å². The number of anilines is 2. The highest BCUT2D eigenvalue weighted by Gasteiger charge is 2.41. The standard InChI is InChI=1S/C29H29F4N5O4S/c30-25(31)26-35-20(23-4-2-10-43-23)13-24(36-26)38-15-19(12-22(38)28(39)40)42-27-21(37-7-5-29(32,33)6-8-37)11-18(14-34-27)17-3-1-9-41-16-17/h2,4,10-11,13-14,16,19,22,25H,1,3,5-9,12,15H2,(H,39,40)/t19-,22-/m0/s1. The number of aliphatic carboxylic acids is 1. The summed E-state index contributed by atoms with van der Waals surface area (Å²) in [4.78, 5) is 28.7. The van der Waals surface area contributed by atoms with Gasteiger partial charge in [0, 0.05) is 50.2 Å². The summed E-state index contributed by atoms with van der Waals surface area (Å²) in [5.74, 6) is -4.36. The number of hydrogen-bond acceptors (Lipinski definition) is 9. The van der Waals surface area contributed by atoms with Gasteiger partial charge in [-0.1, -0.05) is 6.07 Å². The highest BCUT2D eigenvalue weighted by atomic mass is 32.1. The number of aromatic nitrogens is 3. The van der Waals surface area contributed by atoms with Gasteiger partial charge in [0.05, 0.1) is 30.0 Å². The molecule has 6 rings (SSSR count). The predicted molar refractivity (Wildman–Crippen MR) is 152 cm³/mol. The quantitative estimate of drug-likeness (QED) is 0.303. The maximum atomic E-state index is 14.0. The third-order valence-electron chi connectivity index (χ3n) is 7.79. The molecule has 0 aromatic carbocycles. The van der Waals surface area contributed by atoms with Gasteiger partial charge in [0.25, 0.3) is 12.3 Å². The second-order valence-corrected chi connectivity index (χ2v) is 11.7. The molecule has 0 radical (unpaired) electrons. The maximum absolute atomic E-state index is 14.0. The Kier molecular flexibility index (Phi) is 8.12. The molecule has 3 aliphatic rings. The van der Waals surface area contributed by atoms with Gasteiger partial charge in [-0.25, -0.2) is 37.3 Å². The zero-order chi connectivity index (χ0) is 30.1. The van der Waals surface area contributed by atoms with Crippen molar-refractivity contribution in [1.29, 1.82) is 0 Å². The van der Waals surface area contributed by atoms with Crippen LogP contribution in [0.15, 0.2) is 42.1 Å². The Morgan fingerprint density at radius 3 is 2.70 bits per heavy atom. The Hall–Kier alpha value is -3.94. The molecular weight excluding hydrogens is 590 g/mol. The Bertz CT molecular complexity index is 1500. The molecule has 0 unspecified atom stereocenters. The molecule has 2 saturated heterocycles. The van der Waals surface area contributed by atoms with Gasteiger partial charge in [-0.05, 0) is 35.9 Å². The van der Waals surface area contributed by atoms with Crippen LogP contribution >= 0.6 is 11.3 Å². The molecule has 0 aliphatic carbocycles. The molecule has 43 heavy (non-hydrogen) atoms. The van der Waals surface area contributed by atoms with Crippen LogP contribution in [0.5, 0.6) is 5.88 Å². The van der Waals surface area contributed by atoms with Gasteiger partial charge in [-0.2, -0.15) is 0 Å². The monoisotopic (exact) mass is 619 g/mol. The number of halogens is 4. The van der Waals surface area contributed by atoms with E-state index >= 15 is 0 Å². The first-order valence-electron chi connectivity index (χ1n) is 14.0. The zero-order valence-electron chi connectivity index (χ0n) is 23.0. The van der Waals surface area contributed by atoms with Crippen LogP contribution in [0.3, 0.4) is 0 Å². The second kappa shape index (κ2) is 12.0. The van der Waals surface area contributed by atoms with Crippen molar-refractivity contribution in [1.82, 2.24) is 15.0 Å². The average molecular weight is 620 g/mol. The minimum Gasteiger partial charge on any atom is -0.501 e. The Labute approximate surface area is 248 Å². The minimum absolute atomic E-state index is 0.0254. The van der Waals surface area contributed by atoms with Gasteiger partial charge in [0.1, 0.15) is 23.7 Å². The molecule has 9 nitrogen and oxygen atoms in total. The number of hydrogen-bond donors (Lipinski definition) is 1. The summed E-state index contributed by atoms with van der Waals surface area (Å²) in [6.07, 6.45) is 0.685. The molecule has 6 heterocycles. The topological polar surface area (TPSA) is 101 Å². The molecule has 0 bridgehead atoms. The lowest BCUT2D eigenvalue weighted by Crippen LogP contribution is -2.39. The highest BCUT2D eigenvalue weighted by molar-refractivity contribution is 7.13. The molecular formula is C29H29F4N5O4S. The first-order valence-corrected chi connectivity index (χ1v) is 14.9. The number of allylic oxidation sites excluding steroid dienone is 1. The van der Waals surface area contributed by atoms with E-state index in [-0.39, 0.29) is 56.3 Å². The van der Waals surface area contributed by atoms with Crippen LogP contribution in [0.1, 0.15) is 49.9 Å². The van der Waals surface area contributed by atoms with E-state index in [1.54, 1.807) is 30.0 Å². The van der Waals surface area contributed by atoms with Gasteiger partial charge in [-0.3, -0.25) is 0 Å². The molecule has 3 aromatic rings. The molecule has 228 valence electrons. The van der Waals surface area contributed by atoms with Crippen LogP contribution < -0.4 is 14.5 Å². The third kappa shape index (κ3) is 6.38. The normalized spacial score (nSPS) is 21.9. The van der Waals surface area contributed by atoms with Gasteiger partial charge in [0.2, 0.25) is 5.88 Å². The number of carboxylic acid groups (broad SMARTS) is 1. The van der Waals surface area contributed by atoms with Gasteiger partial charge < -0.3 is 24.4 Å². The molecule has 14 heteroatoms. The maximum Gasteiger partial charge on any atom is 0.326 e. The fourth-order valence-corrected chi connectivity index (χ4v) is 6.25. The van der Waals surface area contributed by atoms with E-state index in [4.69, 9.17) is 9.47 Å². The summed E-state index contributed by atoms with van der Waals surface area (Å²) in [5, 5.41) is 11.8. The molecule has 3 aromatic heterocycles. The fraction of sp³-hybridized carbons (Fsp3) is 0.448. The van der Waals surface area contributed by atoms with Crippen LogP contribution in [0, 0.1) is 0 Å². The number of carboxylic acids is 1. The van der Waals surface area contributed by atoms with E-state index in [2.05, 4.69) is 15.0 Å². The van der Waals surface area contributed by atoms with E-state index in [1.165, 1.54) is 22.3 Å². The number of rotatable bonds is 8. The average Bonchev–Trinajstić information content (AvgIpc) is 3.69. The summed E-state index contributed by atoms with van der Waals surface area (Å²) in [6, 6.07) is 5.74. The number of piperidine rings is 1. The van der Waals surface area contributed by atoms with Crippen LogP contribution in [-0.4, -0.2) is 70.3 Å². The summed E-state index contributed by atoms with van der Waals surface area (Å²) in [7, 11) is 0. The first-order chi connectivity index (χ1) is 20.7. The Balaban J connectivity index is 1.30. The van der Waals surface area contributed by atoms with E-state index in [9.17, 15) is 27.5 Å². The second-order valence-electron chi connectivity index (χ2n) is 10.7. The van der Waals surface area contributed by atoms with Crippen LogP contribution in [-0.2, 0) is 9.53 Å². The SMILES string of the molecule is O=C(O)[C@@H]1C[C@H](Oc2ncc(C3=COCCC3)cc2N2CCC(F)(F)CC2)CN1c1cc(-c2cccs2)nc(C(F)F)n1. The zero-order valence-corrected chi connectivity index (χ0v) is 23.8. The van der Waals surface area contributed by atoms with Crippen molar-refractivity contribution in [2.45, 2.75) is 56.6 Å². The van der Waals surface area contributed by atoms with Crippen LogP contribution in [0.2, 0.25) is 0 Å². The number of carbonyl (C=O) groups is 1. The van der Waals surface area contributed by atoms with Crippen LogP contribution in [0.4, 0.5) is 29.1 Å². The van der Waals surface area contributed by atoms with Gasteiger partial charge in [0.15, 0.2) is 5.82 Å². The molecule has 2 fully saturated rings. The number of nitrogens with zero attached hydrogens (tertiary/aromatic N) is 5. The number of pyridine rings is 1. The van der Waals surface area contributed by atoms with Crippen molar-refractivity contribution in [3.63, 3.8) is 0 Å². The van der Waals surface area contributed by atoms with Crippen molar-refractivity contribution in [3.05, 3.63) is 53.5 Å². The smallest absolute Gasteiger partial charge is 0.326 e. The van der Waals surface area contributed by atoms with Gasteiger partial charge >= 0.3 is 5.97 Å². The number of thiophene rings is 1. The molecule has 0 saturated carbocycles. The Morgan fingerprint density at radius 2 is 2.02 bits per heavy atom. The highest BCUT2D eigenvalue weighted by Crippen LogP contribution is 2.39. The molecule has 3 aliphatic heterocycles. The van der Waals surface area contributed by atoms with Gasteiger partial charge in [-0.15, -0.1) is 11.3 Å². The Morgan fingerprint density at radius 1 is 1.21 bits per heavy atom. The summed E-state index contributed by atoms with van der Waals surface area (Å²) >= 11 is 1.32. The van der Waals surface area contributed by atoms with Crippen molar-refractivity contribution < 1.29 is 36.9 Å².